The van der Waals surface area contributed by atoms with E-state index in [1.165, 1.54) is 0 Å². The van der Waals surface area contributed by atoms with E-state index in [0.717, 1.165) is 33.4 Å². The van der Waals surface area contributed by atoms with Gasteiger partial charge in [-0.3, -0.25) is 9.59 Å². The fourth-order valence-electron chi connectivity index (χ4n) is 5.39. The molecule has 0 saturated carbocycles. The smallest absolute Gasteiger partial charge is 0.186 e. The molecule has 0 aliphatic heterocycles. The monoisotopic (exact) mass is 770 g/mol. The van der Waals surface area contributed by atoms with Crippen molar-refractivity contribution in [1.29, 1.82) is 0 Å². The molecule has 0 bridgehead atoms. The minimum atomic E-state index is -0.306. The second-order valence-electron chi connectivity index (χ2n) is 16.9. The molecule has 0 atom stereocenters. The zero-order valence-electron chi connectivity index (χ0n) is 31.7. The molecule has 0 amide bonds. The van der Waals surface area contributed by atoms with Crippen LogP contribution in [0.3, 0.4) is 0 Å². The molecule has 9 heteroatoms. The third kappa shape index (κ3) is 10.1. The normalized spacial score (nSPS) is 16.4. The van der Waals surface area contributed by atoms with Crippen LogP contribution in [0.1, 0.15) is 83.1 Å². The van der Waals surface area contributed by atoms with E-state index in [2.05, 4.69) is 36.4 Å². The Morgan fingerprint density at radius 2 is 0.922 bits per heavy atom. The number of hydrogen-bond acceptors (Lipinski definition) is 7. The van der Waals surface area contributed by atoms with Crippen LogP contribution in [0.25, 0.3) is 0 Å². The predicted molar refractivity (Wildman–Crippen MR) is 211 cm³/mol. The zero-order chi connectivity index (χ0) is 38.1. The molecule has 4 rings (SSSR count). The van der Waals surface area contributed by atoms with Crippen LogP contribution in [0.2, 0.25) is 5.02 Å². The molecular formula is C42H48BrClN4O3. The number of ketones is 2. The number of rotatable bonds is 6. The van der Waals surface area contributed by atoms with E-state index in [1.54, 1.807) is 48.8 Å². The summed E-state index contributed by atoms with van der Waals surface area (Å²) in [4.78, 5) is 26.4. The molecule has 51 heavy (non-hydrogen) atoms. The van der Waals surface area contributed by atoms with Crippen LogP contribution in [-0.4, -0.2) is 11.6 Å². The number of azo groups is 2. The summed E-state index contributed by atoms with van der Waals surface area (Å²) in [6, 6.07) is 10.6. The summed E-state index contributed by atoms with van der Waals surface area (Å²) in [7, 11) is 0. The first-order chi connectivity index (χ1) is 23.4. The van der Waals surface area contributed by atoms with Gasteiger partial charge in [-0.2, -0.15) is 20.5 Å². The maximum absolute atomic E-state index is 13.2. The van der Waals surface area contributed by atoms with Crippen LogP contribution in [0, 0.1) is 21.7 Å². The second-order valence-corrected chi connectivity index (χ2v) is 18.2. The molecule has 7 nitrogen and oxygen atoms in total. The summed E-state index contributed by atoms with van der Waals surface area (Å²) < 4.78 is 6.77. The van der Waals surface area contributed by atoms with E-state index < -0.39 is 0 Å². The number of benzene rings is 2. The van der Waals surface area contributed by atoms with Gasteiger partial charge in [0.1, 0.15) is 11.5 Å². The average molecular weight is 772 g/mol. The lowest BCUT2D eigenvalue weighted by molar-refractivity contribution is -0.114. The Balaban J connectivity index is 1.49. The van der Waals surface area contributed by atoms with Crippen molar-refractivity contribution >= 4 is 50.5 Å². The molecule has 268 valence electrons. The molecule has 0 unspecified atom stereocenters. The highest BCUT2D eigenvalue weighted by atomic mass is 79.9. The Morgan fingerprint density at radius 3 is 1.25 bits per heavy atom. The van der Waals surface area contributed by atoms with E-state index in [9.17, 15) is 9.59 Å². The van der Waals surface area contributed by atoms with Gasteiger partial charge in [-0.15, -0.1) is 0 Å². The van der Waals surface area contributed by atoms with Crippen LogP contribution >= 0.6 is 27.5 Å². The third-order valence-corrected chi connectivity index (χ3v) is 9.18. The van der Waals surface area contributed by atoms with Crippen molar-refractivity contribution in [3.63, 3.8) is 0 Å². The van der Waals surface area contributed by atoms with Gasteiger partial charge >= 0.3 is 0 Å². The second kappa shape index (κ2) is 14.9. The van der Waals surface area contributed by atoms with Crippen LogP contribution < -0.4 is 4.74 Å². The van der Waals surface area contributed by atoms with Crippen molar-refractivity contribution in [3.05, 3.63) is 116 Å². The molecule has 0 aromatic heterocycles. The number of carbonyl (C=O) groups excluding carboxylic acids is 2. The molecule has 0 heterocycles. The van der Waals surface area contributed by atoms with Gasteiger partial charge in [-0.1, -0.05) is 94.7 Å². The molecule has 2 aromatic carbocycles. The molecule has 2 aromatic rings. The molecule has 0 saturated heterocycles. The first-order valence-corrected chi connectivity index (χ1v) is 18.1. The van der Waals surface area contributed by atoms with E-state index in [-0.39, 0.29) is 33.2 Å². The van der Waals surface area contributed by atoms with Gasteiger partial charge in [0, 0.05) is 22.3 Å². The van der Waals surface area contributed by atoms with Crippen molar-refractivity contribution in [2.75, 3.05) is 0 Å². The van der Waals surface area contributed by atoms with E-state index in [1.807, 2.05) is 107 Å². The molecule has 0 spiro atoms. The van der Waals surface area contributed by atoms with Gasteiger partial charge < -0.3 is 4.74 Å². The molecule has 0 fully saturated rings. The SMILES string of the molecule is CC(C)(C)C1=CC(=CN=Nc2ccc(Oc3ccc(N=NC=C4C=C(C(C)(C)C)C(=O)C(C(C)(C)C)=C4)cc3Br)c(Cl)c2)C=C(C(C)(C)C)C1=O. The van der Waals surface area contributed by atoms with Crippen molar-refractivity contribution < 1.29 is 14.3 Å². The standard InChI is InChI=1S/C42H48BrClN4O3/c1-39(2,3)29-17-25(18-30(37(29)49)40(4,5)6)23-45-47-27-13-15-35(33(43)21-27)51-36-16-14-28(22-34(36)44)48-46-24-26-19-31(41(7,8)9)38(50)32(20-26)42(10,11)12/h13-24H,1-12H3. The average Bonchev–Trinajstić information content (AvgIpc) is 2.98. The molecule has 2 aliphatic rings. The van der Waals surface area contributed by atoms with Crippen molar-refractivity contribution in [1.82, 2.24) is 0 Å². The number of allylic oxidation sites excluding steroid dienone is 10. The van der Waals surface area contributed by atoms with Crippen LogP contribution in [0.15, 0.2) is 131 Å². The molecule has 0 radical (unpaired) electrons. The lowest BCUT2D eigenvalue weighted by Gasteiger charge is -2.31. The summed E-state index contributed by atoms with van der Waals surface area (Å²) in [5.41, 5.74) is 4.60. The van der Waals surface area contributed by atoms with Gasteiger partial charge in [-0.05, 0) is 109 Å². The Kier molecular flexibility index (Phi) is 11.6. The van der Waals surface area contributed by atoms with Crippen LogP contribution in [0.5, 0.6) is 11.5 Å². The summed E-state index contributed by atoms with van der Waals surface area (Å²) in [5.74, 6) is 1.15. The van der Waals surface area contributed by atoms with E-state index in [4.69, 9.17) is 16.3 Å². The first kappa shape index (κ1) is 39.8. The minimum absolute atomic E-state index is 0.0730. The number of Topliss-reactive ketones (excluding diaryl/α,β-unsaturated/α-hetero) is 2. The van der Waals surface area contributed by atoms with Crippen LogP contribution in [-0.2, 0) is 9.59 Å². The van der Waals surface area contributed by atoms with Gasteiger partial charge in [0.2, 0.25) is 0 Å². The lowest BCUT2D eigenvalue weighted by atomic mass is 9.72. The van der Waals surface area contributed by atoms with Gasteiger partial charge in [0.05, 0.1) is 33.3 Å². The van der Waals surface area contributed by atoms with Gasteiger partial charge in [0.25, 0.3) is 0 Å². The number of carbonyl (C=O) groups is 2. The Labute approximate surface area is 316 Å². The molecule has 2 aliphatic carbocycles. The lowest BCUT2D eigenvalue weighted by Crippen LogP contribution is -2.27. The summed E-state index contributed by atoms with van der Waals surface area (Å²) in [5, 5.41) is 17.7. The Hall–Kier alpha value is -4.01. The fourth-order valence-corrected chi connectivity index (χ4v) is 6.05. The maximum Gasteiger partial charge on any atom is 0.186 e. The summed E-state index contributed by atoms with van der Waals surface area (Å²) >= 11 is 10.2. The number of halogens is 2. The minimum Gasteiger partial charge on any atom is -0.455 e. The predicted octanol–water partition coefficient (Wildman–Crippen LogP) is 13.9. The van der Waals surface area contributed by atoms with Gasteiger partial charge in [-0.25, -0.2) is 0 Å². The van der Waals surface area contributed by atoms with Crippen molar-refractivity contribution in [2.45, 2.75) is 83.1 Å². The number of nitrogens with zero attached hydrogens (tertiary/aromatic N) is 4. The molecular weight excluding hydrogens is 724 g/mol. The van der Waals surface area contributed by atoms with Crippen molar-refractivity contribution in [2.24, 2.45) is 42.1 Å². The van der Waals surface area contributed by atoms with E-state index >= 15 is 0 Å². The fraction of sp³-hybridized carbons (Fsp3) is 0.381. The highest BCUT2D eigenvalue weighted by molar-refractivity contribution is 9.10. The molecule has 0 N–H and O–H groups in total. The number of ether oxygens (including phenoxy) is 1. The zero-order valence-corrected chi connectivity index (χ0v) is 34.0. The highest BCUT2D eigenvalue weighted by Crippen LogP contribution is 2.41. The highest BCUT2D eigenvalue weighted by Gasteiger charge is 2.35. The topological polar surface area (TPSA) is 92.8 Å². The first-order valence-electron chi connectivity index (χ1n) is 16.9. The van der Waals surface area contributed by atoms with Gasteiger partial charge in [0.15, 0.2) is 11.6 Å². The Morgan fingerprint density at radius 1 is 0.569 bits per heavy atom. The summed E-state index contributed by atoms with van der Waals surface area (Å²) in [6.45, 7) is 24.4. The Bertz CT molecular complexity index is 1780. The van der Waals surface area contributed by atoms with Crippen molar-refractivity contribution in [3.8, 4) is 11.5 Å². The van der Waals surface area contributed by atoms with Crippen LogP contribution in [0.4, 0.5) is 11.4 Å². The largest absolute Gasteiger partial charge is 0.455 e. The maximum atomic E-state index is 13.2. The van der Waals surface area contributed by atoms with E-state index in [0.29, 0.717) is 32.4 Å². The third-order valence-electron chi connectivity index (χ3n) is 8.27. The quantitative estimate of drug-likeness (QED) is 0.274. The number of hydrogen-bond donors (Lipinski definition) is 0. The summed E-state index contributed by atoms with van der Waals surface area (Å²) in [6.07, 6.45) is 10.9.